The summed E-state index contributed by atoms with van der Waals surface area (Å²) in [6.45, 7) is 2.51. The molecule has 0 N–H and O–H groups in total. The lowest BCUT2D eigenvalue weighted by Gasteiger charge is -2.20. The summed E-state index contributed by atoms with van der Waals surface area (Å²) in [7, 11) is 0. The number of rotatable bonds is 6. The maximum Gasteiger partial charge on any atom is 0.260 e. The summed E-state index contributed by atoms with van der Waals surface area (Å²) >= 11 is 1.54. The van der Waals surface area contributed by atoms with Crippen molar-refractivity contribution in [3.63, 3.8) is 0 Å². The van der Waals surface area contributed by atoms with Crippen molar-refractivity contribution in [1.29, 1.82) is 0 Å². The zero-order valence-electron chi connectivity index (χ0n) is 18.1. The van der Waals surface area contributed by atoms with Gasteiger partial charge in [-0.2, -0.15) is 0 Å². The number of aromatic nitrogens is 1. The van der Waals surface area contributed by atoms with E-state index in [1.165, 1.54) is 16.9 Å². The molecule has 4 aromatic carbocycles. The van der Waals surface area contributed by atoms with Crippen molar-refractivity contribution in [2.45, 2.75) is 13.5 Å². The molecule has 0 saturated heterocycles. The SMILES string of the molecule is Cc1ccc2nc(N(Cc3ccccc3)C(=O)c3ccc(Oc4ccccc4)cc3)sc2c1. The summed E-state index contributed by atoms with van der Waals surface area (Å²) in [5.41, 5.74) is 3.71. The smallest absolute Gasteiger partial charge is 0.260 e. The van der Waals surface area contributed by atoms with E-state index in [1.807, 2.05) is 84.9 Å². The number of ether oxygens (including phenoxy) is 1. The highest BCUT2D eigenvalue weighted by Crippen LogP contribution is 2.32. The maximum atomic E-state index is 13.6. The van der Waals surface area contributed by atoms with Crippen molar-refractivity contribution in [2.75, 3.05) is 4.90 Å². The molecule has 0 radical (unpaired) electrons. The molecular formula is C28H22N2O2S. The number of fused-ring (bicyclic) bond motifs is 1. The van der Waals surface area contributed by atoms with Crippen LogP contribution in [0.3, 0.4) is 0 Å². The number of thiazole rings is 1. The van der Waals surface area contributed by atoms with Crippen LogP contribution < -0.4 is 9.64 Å². The summed E-state index contributed by atoms with van der Waals surface area (Å²) in [6.07, 6.45) is 0. The van der Waals surface area contributed by atoms with Gasteiger partial charge in [-0.1, -0.05) is 65.9 Å². The molecule has 0 aliphatic heterocycles. The van der Waals surface area contributed by atoms with Crippen LogP contribution in [0.1, 0.15) is 21.5 Å². The van der Waals surface area contributed by atoms with E-state index < -0.39 is 0 Å². The topological polar surface area (TPSA) is 42.4 Å². The van der Waals surface area contributed by atoms with Gasteiger partial charge in [-0.25, -0.2) is 4.98 Å². The van der Waals surface area contributed by atoms with E-state index in [-0.39, 0.29) is 5.91 Å². The lowest BCUT2D eigenvalue weighted by Crippen LogP contribution is -2.30. The van der Waals surface area contributed by atoms with Gasteiger partial charge in [-0.05, 0) is 66.6 Å². The molecule has 1 aromatic heterocycles. The molecule has 1 amide bonds. The van der Waals surface area contributed by atoms with Crippen molar-refractivity contribution in [3.8, 4) is 11.5 Å². The lowest BCUT2D eigenvalue weighted by atomic mass is 10.1. The Morgan fingerprint density at radius 2 is 1.52 bits per heavy atom. The largest absolute Gasteiger partial charge is 0.457 e. The van der Waals surface area contributed by atoms with Gasteiger partial charge in [-0.3, -0.25) is 9.69 Å². The van der Waals surface area contributed by atoms with E-state index in [4.69, 9.17) is 9.72 Å². The molecule has 4 nitrogen and oxygen atoms in total. The number of amides is 1. The molecule has 0 unspecified atom stereocenters. The molecule has 162 valence electrons. The molecule has 1 heterocycles. The normalized spacial score (nSPS) is 10.8. The van der Waals surface area contributed by atoms with Crippen LogP contribution in [0, 0.1) is 6.92 Å². The number of anilines is 1. The monoisotopic (exact) mass is 450 g/mol. The second-order valence-corrected chi connectivity index (χ2v) is 8.79. The fraction of sp³-hybridized carbons (Fsp3) is 0.0714. The third-order valence-corrected chi connectivity index (χ3v) is 6.31. The van der Waals surface area contributed by atoms with Gasteiger partial charge in [0.15, 0.2) is 5.13 Å². The van der Waals surface area contributed by atoms with Crippen molar-refractivity contribution >= 4 is 32.6 Å². The van der Waals surface area contributed by atoms with Crippen LogP contribution in [0.4, 0.5) is 5.13 Å². The van der Waals surface area contributed by atoms with Crippen molar-refractivity contribution in [3.05, 3.63) is 120 Å². The Morgan fingerprint density at radius 1 is 0.848 bits per heavy atom. The minimum absolute atomic E-state index is 0.0964. The van der Waals surface area contributed by atoms with Crippen molar-refractivity contribution in [2.24, 2.45) is 0 Å². The summed E-state index contributed by atoms with van der Waals surface area (Å²) < 4.78 is 6.94. The van der Waals surface area contributed by atoms with Crippen LogP contribution in [0.25, 0.3) is 10.2 Å². The Morgan fingerprint density at radius 3 is 2.24 bits per heavy atom. The van der Waals surface area contributed by atoms with E-state index in [9.17, 15) is 4.79 Å². The first-order valence-corrected chi connectivity index (χ1v) is 11.5. The summed E-state index contributed by atoms with van der Waals surface area (Å²) in [4.78, 5) is 20.1. The minimum atomic E-state index is -0.0964. The summed E-state index contributed by atoms with van der Waals surface area (Å²) in [5.74, 6) is 1.34. The zero-order valence-corrected chi connectivity index (χ0v) is 19.0. The molecule has 0 aliphatic carbocycles. The molecule has 0 aliphatic rings. The maximum absolute atomic E-state index is 13.6. The van der Waals surface area contributed by atoms with Gasteiger partial charge in [0.2, 0.25) is 0 Å². The third-order valence-electron chi connectivity index (χ3n) is 5.27. The van der Waals surface area contributed by atoms with Crippen LogP contribution in [0.2, 0.25) is 0 Å². The number of benzene rings is 4. The van der Waals surface area contributed by atoms with Crippen LogP contribution in [0.15, 0.2) is 103 Å². The van der Waals surface area contributed by atoms with Crippen LogP contribution in [0.5, 0.6) is 11.5 Å². The van der Waals surface area contributed by atoms with Gasteiger partial charge in [-0.15, -0.1) is 0 Å². The van der Waals surface area contributed by atoms with E-state index in [1.54, 1.807) is 17.0 Å². The molecule has 5 heteroatoms. The average molecular weight is 451 g/mol. The van der Waals surface area contributed by atoms with Crippen LogP contribution in [-0.2, 0) is 6.54 Å². The van der Waals surface area contributed by atoms with Gasteiger partial charge >= 0.3 is 0 Å². The lowest BCUT2D eigenvalue weighted by molar-refractivity contribution is 0.0985. The minimum Gasteiger partial charge on any atom is -0.457 e. The van der Waals surface area contributed by atoms with Gasteiger partial charge in [0.05, 0.1) is 16.8 Å². The van der Waals surface area contributed by atoms with E-state index >= 15 is 0 Å². The molecular weight excluding hydrogens is 428 g/mol. The van der Waals surface area contributed by atoms with Crippen LogP contribution in [-0.4, -0.2) is 10.9 Å². The molecule has 5 rings (SSSR count). The quantitative estimate of drug-likeness (QED) is 0.274. The van der Waals surface area contributed by atoms with Crippen LogP contribution >= 0.6 is 11.3 Å². The van der Waals surface area contributed by atoms with Gasteiger partial charge in [0.25, 0.3) is 5.91 Å². The van der Waals surface area contributed by atoms with E-state index in [0.29, 0.717) is 23.0 Å². The fourth-order valence-corrected chi connectivity index (χ4v) is 4.63. The van der Waals surface area contributed by atoms with Gasteiger partial charge < -0.3 is 4.74 Å². The predicted molar refractivity (Wildman–Crippen MR) is 134 cm³/mol. The first-order chi connectivity index (χ1) is 16.2. The highest BCUT2D eigenvalue weighted by Gasteiger charge is 2.22. The predicted octanol–water partition coefficient (Wildman–Crippen LogP) is 7.24. The molecule has 0 atom stereocenters. The molecule has 0 saturated carbocycles. The van der Waals surface area contributed by atoms with Crippen molar-refractivity contribution < 1.29 is 9.53 Å². The highest BCUT2D eigenvalue weighted by molar-refractivity contribution is 7.22. The number of carbonyl (C=O) groups is 1. The molecule has 33 heavy (non-hydrogen) atoms. The molecule has 0 bridgehead atoms. The molecule has 0 fully saturated rings. The van der Waals surface area contributed by atoms with E-state index in [0.717, 1.165) is 21.5 Å². The Kier molecular flexibility index (Phi) is 5.87. The Balaban J connectivity index is 1.45. The van der Waals surface area contributed by atoms with E-state index in [2.05, 4.69) is 13.0 Å². The second kappa shape index (κ2) is 9.27. The Labute approximate surface area is 196 Å². The summed E-state index contributed by atoms with van der Waals surface area (Å²) in [5, 5.41) is 0.689. The Hall–Kier alpha value is -3.96. The molecule has 5 aromatic rings. The molecule has 0 spiro atoms. The van der Waals surface area contributed by atoms with Crippen molar-refractivity contribution in [1.82, 2.24) is 4.98 Å². The standard InChI is InChI=1S/C28H22N2O2S/c1-20-12-17-25-26(18-20)33-28(29-25)30(19-21-8-4-2-5-9-21)27(31)22-13-15-24(16-14-22)32-23-10-6-3-7-11-23/h2-18H,19H2,1H3. The summed E-state index contributed by atoms with van der Waals surface area (Å²) in [6, 6.07) is 33.0. The third kappa shape index (κ3) is 4.78. The second-order valence-electron chi connectivity index (χ2n) is 7.78. The number of para-hydroxylation sites is 1. The number of carbonyl (C=O) groups excluding carboxylic acids is 1. The first-order valence-electron chi connectivity index (χ1n) is 10.7. The zero-order chi connectivity index (χ0) is 22.6. The highest BCUT2D eigenvalue weighted by atomic mass is 32.1. The number of hydrogen-bond donors (Lipinski definition) is 0. The first kappa shape index (κ1) is 20.9. The van der Waals surface area contributed by atoms with Gasteiger partial charge in [0.1, 0.15) is 11.5 Å². The average Bonchev–Trinajstić information content (AvgIpc) is 3.27. The fourth-order valence-electron chi connectivity index (χ4n) is 3.57. The van der Waals surface area contributed by atoms with Gasteiger partial charge in [0, 0.05) is 5.56 Å². The Bertz CT molecular complexity index is 1380. The number of aryl methyl sites for hydroxylation is 1. The number of nitrogens with zero attached hydrogens (tertiary/aromatic N) is 2. The number of hydrogen-bond acceptors (Lipinski definition) is 4.